The highest BCUT2D eigenvalue weighted by molar-refractivity contribution is 7.89. The number of rotatable bonds is 8. The van der Waals surface area contributed by atoms with Crippen LogP contribution in [0, 0.1) is 6.92 Å². The molecule has 2 aliphatic rings. The number of anilines is 1. The fraction of sp³-hybridized carbons (Fsp3) is 0.500. The molecular weight excluding hydrogens is 591 g/mol. The molecule has 3 aromatic rings. The van der Waals surface area contributed by atoms with E-state index in [1.54, 1.807) is 33.5 Å². The molecule has 2 aliphatic heterocycles. The second-order valence-electron chi connectivity index (χ2n) is 10.2. The van der Waals surface area contributed by atoms with E-state index in [4.69, 9.17) is 21.3 Å². The second kappa shape index (κ2) is 13.5. The number of aromatic nitrogens is 1. The average molecular weight is 628 g/mol. The van der Waals surface area contributed by atoms with Gasteiger partial charge in [0.25, 0.3) is 5.91 Å². The molecule has 2 saturated heterocycles. The standard InChI is InChI=1S/C28H35ClN4O4S2.ClH/c1-3-23-6-4-5-11-33(23)39(35,36)24-9-7-21(8-10-24)27(34)32(13-12-31-14-16-37-17-15-31)28-30-26-20(2)18-22(29)19-25(26)38-28;/h7-10,18-19,23H,3-6,11-17H2,1-2H3;1H. The van der Waals surface area contributed by atoms with Crippen LogP contribution in [0.15, 0.2) is 41.3 Å². The Morgan fingerprint density at radius 1 is 1.15 bits per heavy atom. The van der Waals surface area contributed by atoms with Gasteiger partial charge in [0.05, 0.1) is 28.3 Å². The van der Waals surface area contributed by atoms with Crippen LogP contribution < -0.4 is 4.90 Å². The Balaban J connectivity index is 0.00000370. The molecule has 3 heterocycles. The maximum absolute atomic E-state index is 13.9. The van der Waals surface area contributed by atoms with Gasteiger partial charge in [0, 0.05) is 49.4 Å². The second-order valence-corrected chi connectivity index (χ2v) is 13.5. The summed E-state index contributed by atoms with van der Waals surface area (Å²) in [4.78, 5) is 22.9. The molecule has 8 nitrogen and oxygen atoms in total. The van der Waals surface area contributed by atoms with Crippen LogP contribution in [0.4, 0.5) is 5.13 Å². The van der Waals surface area contributed by atoms with Crippen LogP contribution in [0.3, 0.4) is 0 Å². The number of piperidine rings is 1. The maximum atomic E-state index is 13.9. The molecule has 40 heavy (non-hydrogen) atoms. The van der Waals surface area contributed by atoms with Gasteiger partial charge in [-0.1, -0.05) is 36.3 Å². The van der Waals surface area contributed by atoms with E-state index in [1.807, 2.05) is 26.0 Å². The number of amides is 1. The first-order chi connectivity index (χ1) is 18.8. The summed E-state index contributed by atoms with van der Waals surface area (Å²) in [5, 5.41) is 1.24. The third-order valence-electron chi connectivity index (χ3n) is 7.61. The molecule has 218 valence electrons. The minimum Gasteiger partial charge on any atom is -0.379 e. The van der Waals surface area contributed by atoms with Crippen molar-refractivity contribution in [3.05, 3.63) is 52.5 Å². The lowest BCUT2D eigenvalue weighted by Gasteiger charge is -2.34. The van der Waals surface area contributed by atoms with E-state index < -0.39 is 10.0 Å². The number of fused-ring (bicyclic) bond motifs is 1. The number of morpholine rings is 1. The van der Waals surface area contributed by atoms with Crippen LogP contribution in [0.5, 0.6) is 0 Å². The van der Waals surface area contributed by atoms with Crippen LogP contribution in [-0.2, 0) is 14.8 Å². The molecule has 5 rings (SSSR count). The Morgan fingerprint density at radius 3 is 2.58 bits per heavy atom. The van der Waals surface area contributed by atoms with Gasteiger partial charge in [0.15, 0.2) is 5.13 Å². The topological polar surface area (TPSA) is 83.1 Å². The molecule has 0 saturated carbocycles. The van der Waals surface area contributed by atoms with Crippen LogP contribution in [-0.4, -0.2) is 80.5 Å². The van der Waals surface area contributed by atoms with Crippen LogP contribution in [0.2, 0.25) is 5.02 Å². The Kier molecular flexibility index (Phi) is 10.5. The molecule has 1 amide bonds. The summed E-state index contributed by atoms with van der Waals surface area (Å²) in [6, 6.07) is 10.1. The number of thiazole rings is 1. The predicted molar refractivity (Wildman–Crippen MR) is 164 cm³/mol. The van der Waals surface area contributed by atoms with Crippen molar-refractivity contribution >= 4 is 66.6 Å². The van der Waals surface area contributed by atoms with Crippen molar-refractivity contribution in [2.24, 2.45) is 0 Å². The number of hydrogen-bond acceptors (Lipinski definition) is 7. The number of sulfonamides is 1. The van der Waals surface area contributed by atoms with E-state index in [0.717, 1.165) is 54.6 Å². The molecule has 0 spiro atoms. The number of ether oxygens (including phenoxy) is 1. The lowest BCUT2D eigenvalue weighted by Crippen LogP contribution is -2.43. The Bertz CT molecular complexity index is 1430. The summed E-state index contributed by atoms with van der Waals surface area (Å²) in [5.41, 5.74) is 2.21. The molecule has 2 aromatic carbocycles. The summed E-state index contributed by atoms with van der Waals surface area (Å²) in [6.07, 6.45) is 3.60. The molecule has 12 heteroatoms. The van der Waals surface area contributed by atoms with Gasteiger partial charge < -0.3 is 4.74 Å². The molecule has 0 bridgehead atoms. The van der Waals surface area contributed by atoms with Crippen molar-refractivity contribution in [2.75, 3.05) is 50.8 Å². The van der Waals surface area contributed by atoms with Gasteiger partial charge in [-0.05, 0) is 68.1 Å². The fourth-order valence-electron chi connectivity index (χ4n) is 5.37. The first-order valence-electron chi connectivity index (χ1n) is 13.6. The van der Waals surface area contributed by atoms with Gasteiger partial charge in [-0.25, -0.2) is 13.4 Å². The first-order valence-corrected chi connectivity index (χ1v) is 16.2. The van der Waals surface area contributed by atoms with Crippen molar-refractivity contribution in [3.8, 4) is 0 Å². The minimum absolute atomic E-state index is 0. The summed E-state index contributed by atoms with van der Waals surface area (Å²) in [6.45, 7) is 8.67. The highest BCUT2D eigenvalue weighted by Gasteiger charge is 2.33. The summed E-state index contributed by atoms with van der Waals surface area (Å²) < 4.78 is 34.9. The van der Waals surface area contributed by atoms with E-state index in [-0.39, 0.29) is 29.3 Å². The third kappa shape index (κ3) is 6.64. The Morgan fingerprint density at radius 2 is 1.88 bits per heavy atom. The zero-order valence-electron chi connectivity index (χ0n) is 22.8. The average Bonchev–Trinajstić information content (AvgIpc) is 3.37. The van der Waals surface area contributed by atoms with E-state index in [2.05, 4.69) is 4.90 Å². The molecule has 0 aliphatic carbocycles. The normalized spacial score (nSPS) is 18.9. The fourth-order valence-corrected chi connectivity index (χ4v) is 8.58. The minimum atomic E-state index is -3.62. The van der Waals surface area contributed by atoms with Crippen LogP contribution in [0.25, 0.3) is 10.2 Å². The smallest absolute Gasteiger partial charge is 0.260 e. The Labute approximate surface area is 251 Å². The number of aryl methyl sites for hydroxylation is 1. The largest absolute Gasteiger partial charge is 0.379 e. The van der Waals surface area contributed by atoms with Crippen LogP contribution >= 0.6 is 35.3 Å². The van der Waals surface area contributed by atoms with E-state index in [9.17, 15) is 13.2 Å². The monoisotopic (exact) mass is 626 g/mol. The lowest BCUT2D eigenvalue weighted by atomic mass is 10.0. The highest BCUT2D eigenvalue weighted by atomic mass is 35.5. The molecule has 2 fully saturated rings. The number of halogens is 2. The van der Waals surface area contributed by atoms with Gasteiger partial charge in [-0.15, -0.1) is 12.4 Å². The van der Waals surface area contributed by atoms with Crippen molar-refractivity contribution < 1.29 is 17.9 Å². The molecular formula is C28H36Cl2N4O4S2. The molecule has 0 N–H and O–H groups in total. The summed E-state index contributed by atoms with van der Waals surface area (Å²) in [7, 11) is -3.62. The van der Waals surface area contributed by atoms with Crippen molar-refractivity contribution in [2.45, 2.75) is 50.5 Å². The third-order valence-corrected chi connectivity index (χ3v) is 10.8. The van der Waals surface area contributed by atoms with Gasteiger partial charge in [0.1, 0.15) is 0 Å². The van der Waals surface area contributed by atoms with Gasteiger partial charge in [0.2, 0.25) is 10.0 Å². The number of hydrogen-bond donors (Lipinski definition) is 0. The van der Waals surface area contributed by atoms with E-state index >= 15 is 0 Å². The number of nitrogens with zero attached hydrogens (tertiary/aromatic N) is 4. The number of carbonyl (C=O) groups excluding carboxylic acids is 1. The van der Waals surface area contributed by atoms with Gasteiger partial charge in [-0.3, -0.25) is 14.6 Å². The predicted octanol–water partition coefficient (Wildman–Crippen LogP) is 5.61. The zero-order chi connectivity index (χ0) is 27.6. The summed E-state index contributed by atoms with van der Waals surface area (Å²) in [5.74, 6) is -0.209. The molecule has 1 unspecified atom stereocenters. The zero-order valence-corrected chi connectivity index (χ0v) is 26.0. The first kappa shape index (κ1) is 31.2. The van der Waals surface area contributed by atoms with Crippen LogP contribution in [0.1, 0.15) is 48.5 Å². The molecule has 1 aromatic heterocycles. The SMILES string of the molecule is CCC1CCCCN1S(=O)(=O)c1ccc(C(=O)N(CCN2CCOCC2)c2nc3c(C)cc(Cl)cc3s2)cc1.Cl. The highest BCUT2D eigenvalue weighted by Crippen LogP contribution is 2.34. The summed E-state index contributed by atoms with van der Waals surface area (Å²) >= 11 is 7.72. The van der Waals surface area contributed by atoms with Gasteiger partial charge in [-0.2, -0.15) is 4.31 Å². The number of carbonyl (C=O) groups is 1. The lowest BCUT2D eigenvalue weighted by molar-refractivity contribution is 0.0391. The van der Waals surface area contributed by atoms with E-state index in [1.165, 1.54) is 11.3 Å². The number of benzene rings is 2. The maximum Gasteiger partial charge on any atom is 0.260 e. The molecule has 0 radical (unpaired) electrons. The van der Waals surface area contributed by atoms with Crippen molar-refractivity contribution in [3.63, 3.8) is 0 Å². The molecule has 1 atom stereocenters. The van der Waals surface area contributed by atoms with Gasteiger partial charge >= 0.3 is 0 Å². The van der Waals surface area contributed by atoms with E-state index in [0.29, 0.717) is 48.6 Å². The Hall–Kier alpha value is -1.79. The quantitative estimate of drug-likeness (QED) is 0.323. The van der Waals surface area contributed by atoms with Crippen molar-refractivity contribution in [1.82, 2.24) is 14.2 Å². The van der Waals surface area contributed by atoms with Crippen molar-refractivity contribution in [1.29, 1.82) is 0 Å².